The first-order valence-corrected chi connectivity index (χ1v) is 6.17. The molecule has 1 fully saturated rings. The predicted molar refractivity (Wildman–Crippen MR) is 68.7 cm³/mol. The van der Waals surface area contributed by atoms with Crippen LogP contribution < -0.4 is 0 Å². The zero-order chi connectivity index (χ0) is 11.2. The van der Waals surface area contributed by atoms with Crippen molar-refractivity contribution in [1.82, 2.24) is 0 Å². The molecule has 1 aromatic rings. The summed E-state index contributed by atoms with van der Waals surface area (Å²) in [6, 6.07) is 8.44. The second-order valence-electron chi connectivity index (χ2n) is 4.80. The first-order valence-electron chi connectivity index (χ1n) is 5.74. The normalized spacial score (nSPS) is 29.9. The maximum Gasteiger partial charge on any atom is 0.0675 e. The molecule has 1 nitrogen and oxygen atoms in total. The Morgan fingerprint density at radius 1 is 1.38 bits per heavy atom. The maximum absolute atomic E-state index is 5.91. The SMILES string of the molecule is C[C@@]12CCCC(=CCl)C1=Nc1ccccc12. The zero-order valence-electron chi connectivity index (χ0n) is 9.33. The van der Waals surface area contributed by atoms with Crippen LogP contribution in [0.4, 0.5) is 5.69 Å². The lowest BCUT2D eigenvalue weighted by Gasteiger charge is -2.33. The predicted octanol–water partition coefficient (Wildman–Crippen LogP) is 4.34. The van der Waals surface area contributed by atoms with Crippen LogP contribution in [0.25, 0.3) is 0 Å². The van der Waals surface area contributed by atoms with Crippen LogP contribution in [0.1, 0.15) is 31.7 Å². The minimum atomic E-state index is 0.0928. The van der Waals surface area contributed by atoms with Gasteiger partial charge in [-0.05, 0) is 43.4 Å². The van der Waals surface area contributed by atoms with Gasteiger partial charge in [0.15, 0.2) is 0 Å². The van der Waals surface area contributed by atoms with Crippen molar-refractivity contribution in [2.24, 2.45) is 4.99 Å². The summed E-state index contributed by atoms with van der Waals surface area (Å²) in [6.07, 6.45) is 3.44. The highest BCUT2D eigenvalue weighted by molar-refractivity contribution is 6.29. The largest absolute Gasteiger partial charge is 0.252 e. The van der Waals surface area contributed by atoms with Gasteiger partial charge in [0.05, 0.1) is 11.4 Å². The molecular weight excluding hydrogens is 218 g/mol. The van der Waals surface area contributed by atoms with Gasteiger partial charge in [-0.3, -0.25) is 4.99 Å². The molecule has 1 saturated carbocycles. The molecule has 82 valence electrons. The summed E-state index contributed by atoms with van der Waals surface area (Å²) in [5.41, 5.74) is 6.69. The topological polar surface area (TPSA) is 12.4 Å². The number of benzene rings is 1. The van der Waals surface area contributed by atoms with E-state index in [-0.39, 0.29) is 5.41 Å². The molecule has 0 unspecified atom stereocenters. The van der Waals surface area contributed by atoms with Gasteiger partial charge in [0.1, 0.15) is 0 Å². The Morgan fingerprint density at radius 3 is 3.00 bits per heavy atom. The Kier molecular flexibility index (Phi) is 2.18. The number of fused-ring (bicyclic) bond motifs is 3. The van der Waals surface area contributed by atoms with E-state index in [0.29, 0.717) is 0 Å². The fourth-order valence-electron chi connectivity index (χ4n) is 2.95. The van der Waals surface area contributed by atoms with Crippen molar-refractivity contribution < 1.29 is 0 Å². The molecule has 16 heavy (non-hydrogen) atoms. The molecule has 0 bridgehead atoms. The third-order valence-corrected chi connectivity index (χ3v) is 4.08. The van der Waals surface area contributed by atoms with Crippen LogP contribution in [0.3, 0.4) is 0 Å². The van der Waals surface area contributed by atoms with Crippen molar-refractivity contribution in [3.63, 3.8) is 0 Å². The molecule has 1 heterocycles. The molecule has 0 saturated heterocycles. The standard InChI is InChI=1S/C14H14ClN/c1-14-8-4-5-10(9-15)13(14)16-12-7-3-2-6-11(12)14/h2-3,6-7,9H,4-5,8H2,1H3/t14-/m0/s1. The van der Waals surface area contributed by atoms with Crippen molar-refractivity contribution >= 4 is 23.0 Å². The van der Waals surface area contributed by atoms with E-state index in [4.69, 9.17) is 16.6 Å². The van der Waals surface area contributed by atoms with E-state index >= 15 is 0 Å². The van der Waals surface area contributed by atoms with Crippen molar-refractivity contribution in [3.05, 3.63) is 40.9 Å². The van der Waals surface area contributed by atoms with E-state index < -0.39 is 0 Å². The van der Waals surface area contributed by atoms with Gasteiger partial charge in [0, 0.05) is 11.0 Å². The molecule has 0 N–H and O–H groups in total. The highest BCUT2D eigenvalue weighted by Crippen LogP contribution is 2.48. The van der Waals surface area contributed by atoms with Crippen LogP contribution >= 0.6 is 11.6 Å². The molecule has 0 radical (unpaired) electrons. The quantitative estimate of drug-likeness (QED) is 0.630. The first-order chi connectivity index (χ1) is 7.75. The lowest BCUT2D eigenvalue weighted by molar-refractivity contribution is 0.532. The highest BCUT2D eigenvalue weighted by Gasteiger charge is 2.42. The van der Waals surface area contributed by atoms with Gasteiger partial charge in [-0.25, -0.2) is 0 Å². The Labute approximate surface area is 101 Å². The number of rotatable bonds is 0. The van der Waals surface area contributed by atoms with Gasteiger partial charge in [-0.1, -0.05) is 29.8 Å². The monoisotopic (exact) mass is 231 g/mol. The number of nitrogens with zero attached hydrogens (tertiary/aromatic N) is 1. The minimum Gasteiger partial charge on any atom is -0.252 e. The minimum absolute atomic E-state index is 0.0928. The number of para-hydroxylation sites is 1. The van der Waals surface area contributed by atoms with Crippen molar-refractivity contribution in [2.75, 3.05) is 0 Å². The molecular formula is C14H14ClN. The van der Waals surface area contributed by atoms with Crippen molar-refractivity contribution in [3.8, 4) is 0 Å². The lowest BCUT2D eigenvalue weighted by atomic mass is 9.69. The molecule has 0 spiro atoms. The Morgan fingerprint density at radius 2 is 2.19 bits per heavy atom. The van der Waals surface area contributed by atoms with Gasteiger partial charge in [0.2, 0.25) is 0 Å². The second kappa shape index (κ2) is 3.46. The molecule has 0 aromatic heterocycles. The van der Waals surface area contributed by atoms with Crippen molar-refractivity contribution in [1.29, 1.82) is 0 Å². The number of halogens is 1. The van der Waals surface area contributed by atoms with E-state index in [1.807, 2.05) is 6.07 Å². The summed E-state index contributed by atoms with van der Waals surface area (Å²) in [5.74, 6) is 0. The molecule has 3 rings (SSSR count). The second-order valence-corrected chi connectivity index (χ2v) is 5.02. The van der Waals surface area contributed by atoms with Crippen LogP contribution in [0.5, 0.6) is 0 Å². The zero-order valence-corrected chi connectivity index (χ0v) is 10.1. The molecule has 1 atom stereocenters. The Bertz CT molecular complexity index is 501. The first kappa shape index (κ1) is 10.1. The molecule has 1 aliphatic heterocycles. The van der Waals surface area contributed by atoms with Gasteiger partial charge < -0.3 is 0 Å². The fourth-order valence-corrected chi connectivity index (χ4v) is 3.16. The van der Waals surface area contributed by atoms with Crippen LogP contribution in [0.2, 0.25) is 0 Å². The lowest BCUT2D eigenvalue weighted by Crippen LogP contribution is -2.34. The smallest absolute Gasteiger partial charge is 0.0675 e. The van der Waals surface area contributed by atoms with E-state index in [1.165, 1.54) is 29.7 Å². The summed E-state index contributed by atoms with van der Waals surface area (Å²) >= 11 is 5.91. The maximum atomic E-state index is 5.91. The Balaban J connectivity index is 2.20. The molecule has 1 aromatic carbocycles. The van der Waals surface area contributed by atoms with Gasteiger partial charge in [-0.15, -0.1) is 0 Å². The summed E-state index contributed by atoms with van der Waals surface area (Å²) in [5, 5.41) is 0. The average molecular weight is 232 g/mol. The summed E-state index contributed by atoms with van der Waals surface area (Å²) in [4.78, 5) is 4.76. The fraction of sp³-hybridized carbons (Fsp3) is 0.357. The van der Waals surface area contributed by atoms with Crippen LogP contribution in [-0.2, 0) is 5.41 Å². The summed E-state index contributed by atoms with van der Waals surface area (Å²) < 4.78 is 0. The summed E-state index contributed by atoms with van der Waals surface area (Å²) in [6.45, 7) is 2.29. The van der Waals surface area contributed by atoms with Crippen LogP contribution in [0.15, 0.2) is 40.4 Å². The highest BCUT2D eigenvalue weighted by atomic mass is 35.5. The Hall–Kier alpha value is -1.08. The molecule has 0 amide bonds. The number of allylic oxidation sites excluding steroid dienone is 1. The number of aliphatic imine (C=N–C) groups is 1. The van der Waals surface area contributed by atoms with Gasteiger partial charge in [-0.2, -0.15) is 0 Å². The van der Waals surface area contributed by atoms with E-state index in [0.717, 1.165) is 12.1 Å². The van der Waals surface area contributed by atoms with Gasteiger partial charge in [0.25, 0.3) is 0 Å². The van der Waals surface area contributed by atoms with E-state index in [1.54, 1.807) is 5.54 Å². The molecule has 2 heteroatoms. The van der Waals surface area contributed by atoms with Crippen molar-refractivity contribution in [2.45, 2.75) is 31.6 Å². The molecule has 2 aliphatic rings. The number of hydrogen-bond donors (Lipinski definition) is 0. The third kappa shape index (κ3) is 1.21. The molecule has 1 aliphatic carbocycles. The summed E-state index contributed by atoms with van der Waals surface area (Å²) in [7, 11) is 0. The number of hydrogen-bond acceptors (Lipinski definition) is 1. The van der Waals surface area contributed by atoms with E-state index in [9.17, 15) is 0 Å². The average Bonchev–Trinajstić information content (AvgIpc) is 2.62. The van der Waals surface area contributed by atoms with Crippen LogP contribution in [0, 0.1) is 0 Å². The third-order valence-electron chi connectivity index (χ3n) is 3.81. The van der Waals surface area contributed by atoms with Crippen LogP contribution in [-0.4, -0.2) is 5.71 Å². The van der Waals surface area contributed by atoms with E-state index in [2.05, 4.69) is 25.1 Å². The van der Waals surface area contributed by atoms with Gasteiger partial charge >= 0.3 is 0 Å².